The van der Waals surface area contributed by atoms with Gasteiger partial charge in [-0.2, -0.15) is 8.42 Å². The van der Waals surface area contributed by atoms with Gasteiger partial charge in [0.15, 0.2) is 11.5 Å². The van der Waals surface area contributed by atoms with Crippen molar-refractivity contribution in [3.8, 4) is 11.5 Å². The summed E-state index contributed by atoms with van der Waals surface area (Å²) < 4.78 is 38.2. The highest BCUT2D eigenvalue weighted by Gasteiger charge is 2.23. The molecule has 1 amide bonds. The number of aromatic nitrogens is 2. The van der Waals surface area contributed by atoms with Crippen LogP contribution in [-0.2, 0) is 10.0 Å². The molecule has 0 saturated heterocycles. The Morgan fingerprint density at radius 3 is 2.62 bits per heavy atom. The van der Waals surface area contributed by atoms with E-state index in [1.807, 2.05) is 19.1 Å². The van der Waals surface area contributed by atoms with Crippen molar-refractivity contribution in [3.63, 3.8) is 0 Å². The zero-order valence-electron chi connectivity index (χ0n) is 15.2. The molecule has 0 atom stereocenters. The molecule has 0 radical (unpaired) electrons. The number of hydrogen-bond donors (Lipinski definition) is 2. The molecule has 1 aromatic heterocycles. The minimum absolute atomic E-state index is 0.0841. The highest BCUT2D eigenvalue weighted by atomic mass is 32.2. The summed E-state index contributed by atoms with van der Waals surface area (Å²) in [6.45, 7) is 2.64. The Balaban J connectivity index is 1.49. The van der Waals surface area contributed by atoms with Gasteiger partial charge in [-0.15, -0.1) is 10.2 Å². The van der Waals surface area contributed by atoms with E-state index in [1.54, 1.807) is 24.3 Å². The van der Waals surface area contributed by atoms with Crippen LogP contribution in [0.4, 0.5) is 10.8 Å². The third-order valence-electron chi connectivity index (χ3n) is 4.04. The predicted octanol–water partition coefficient (Wildman–Crippen LogP) is 2.67. The second kappa shape index (κ2) is 7.68. The third kappa shape index (κ3) is 4.15. The first-order chi connectivity index (χ1) is 13.9. The van der Waals surface area contributed by atoms with Crippen LogP contribution in [0.1, 0.15) is 15.9 Å². The summed E-state index contributed by atoms with van der Waals surface area (Å²) in [7, 11) is -3.98. The Hall–Kier alpha value is -3.18. The quantitative estimate of drug-likeness (QED) is 0.595. The fraction of sp³-hybridized carbons (Fsp3) is 0.167. The molecule has 150 valence electrons. The third-order valence-corrected chi connectivity index (χ3v) is 6.63. The Bertz CT molecular complexity index is 1180. The van der Waals surface area contributed by atoms with Gasteiger partial charge in [-0.3, -0.25) is 14.8 Å². The molecule has 4 rings (SSSR count). The van der Waals surface area contributed by atoms with Crippen LogP contribution in [0.15, 0.2) is 46.8 Å². The van der Waals surface area contributed by atoms with Crippen LogP contribution < -0.4 is 19.5 Å². The van der Waals surface area contributed by atoms with E-state index >= 15 is 0 Å². The summed E-state index contributed by atoms with van der Waals surface area (Å²) in [5.41, 5.74) is 1.57. The lowest BCUT2D eigenvalue weighted by Gasteiger charge is -2.18. The first kappa shape index (κ1) is 19.2. The van der Waals surface area contributed by atoms with Gasteiger partial charge in [0.05, 0.1) is 5.69 Å². The van der Waals surface area contributed by atoms with Gasteiger partial charge < -0.3 is 9.47 Å². The lowest BCUT2D eigenvalue weighted by atomic mass is 10.1. The molecule has 2 heterocycles. The van der Waals surface area contributed by atoms with E-state index in [-0.39, 0.29) is 15.4 Å². The highest BCUT2D eigenvalue weighted by Crippen LogP contribution is 2.33. The van der Waals surface area contributed by atoms with Crippen molar-refractivity contribution >= 4 is 38.1 Å². The van der Waals surface area contributed by atoms with Crippen molar-refractivity contribution in [2.75, 3.05) is 23.3 Å². The van der Waals surface area contributed by atoms with Crippen molar-refractivity contribution in [3.05, 3.63) is 53.6 Å². The molecule has 2 N–H and O–H groups in total. The van der Waals surface area contributed by atoms with Crippen LogP contribution >= 0.6 is 11.3 Å². The summed E-state index contributed by atoms with van der Waals surface area (Å²) >= 11 is 0.756. The number of carbonyl (C=O) groups is 1. The maximum absolute atomic E-state index is 12.6. The van der Waals surface area contributed by atoms with E-state index in [9.17, 15) is 13.2 Å². The normalized spacial score (nSPS) is 13.0. The Morgan fingerprint density at radius 2 is 1.83 bits per heavy atom. The van der Waals surface area contributed by atoms with E-state index in [0.29, 0.717) is 36.0 Å². The monoisotopic (exact) mass is 432 g/mol. The number of hydrogen-bond acceptors (Lipinski definition) is 8. The van der Waals surface area contributed by atoms with Crippen LogP contribution in [0.25, 0.3) is 0 Å². The van der Waals surface area contributed by atoms with Crippen LogP contribution in [-0.4, -0.2) is 37.7 Å². The van der Waals surface area contributed by atoms with Gasteiger partial charge in [-0.05, 0) is 30.7 Å². The number of fused-ring (bicyclic) bond motifs is 1. The number of sulfonamides is 1. The number of rotatable bonds is 5. The van der Waals surface area contributed by atoms with Crippen molar-refractivity contribution in [1.29, 1.82) is 0 Å². The molecule has 0 aliphatic carbocycles. The standard InChI is InChI=1S/C18H16N4O5S2/c1-11-4-2-3-5-13(11)16(23)19-17-20-21-18(28-17)29(24,25)22-12-6-7-14-15(10-12)27-9-8-26-14/h2-7,10,22H,8-9H2,1H3,(H,19,20,23). The molecule has 1 aliphatic rings. The van der Waals surface area contributed by atoms with E-state index < -0.39 is 10.0 Å². The predicted molar refractivity (Wildman–Crippen MR) is 107 cm³/mol. The number of nitrogens with zero attached hydrogens (tertiary/aromatic N) is 2. The smallest absolute Gasteiger partial charge is 0.291 e. The fourth-order valence-corrected chi connectivity index (χ4v) is 4.61. The number of benzene rings is 2. The molecule has 0 saturated carbocycles. The average Bonchev–Trinajstić information content (AvgIpc) is 3.17. The van der Waals surface area contributed by atoms with Gasteiger partial charge in [0.25, 0.3) is 20.3 Å². The van der Waals surface area contributed by atoms with Gasteiger partial charge in [0, 0.05) is 11.6 Å². The van der Waals surface area contributed by atoms with Crippen LogP contribution in [0.5, 0.6) is 11.5 Å². The highest BCUT2D eigenvalue weighted by molar-refractivity contribution is 7.94. The zero-order chi connectivity index (χ0) is 20.4. The average molecular weight is 432 g/mol. The van der Waals surface area contributed by atoms with Gasteiger partial charge >= 0.3 is 0 Å². The van der Waals surface area contributed by atoms with E-state index in [2.05, 4.69) is 20.2 Å². The number of amides is 1. The van der Waals surface area contributed by atoms with Crippen LogP contribution in [0.3, 0.4) is 0 Å². The van der Waals surface area contributed by atoms with Crippen molar-refractivity contribution < 1.29 is 22.7 Å². The molecule has 29 heavy (non-hydrogen) atoms. The molecule has 0 unspecified atom stereocenters. The van der Waals surface area contributed by atoms with E-state index in [0.717, 1.165) is 16.9 Å². The summed E-state index contributed by atoms with van der Waals surface area (Å²) in [6.07, 6.45) is 0. The molecule has 3 aromatic rings. The molecule has 0 bridgehead atoms. The minimum Gasteiger partial charge on any atom is -0.486 e. The summed E-state index contributed by atoms with van der Waals surface area (Å²) in [5, 5.41) is 10.1. The topological polar surface area (TPSA) is 120 Å². The first-order valence-electron chi connectivity index (χ1n) is 8.55. The minimum atomic E-state index is -3.98. The lowest BCUT2D eigenvalue weighted by molar-refractivity contribution is 0.102. The molecule has 1 aliphatic heterocycles. The zero-order valence-corrected chi connectivity index (χ0v) is 16.8. The summed E-state index contributed by atoms with van der Waals surface area (Å²) in [6, 6.07) is 11.8. The maximum atomic E-state index is 12.6. The number of aryl methyl sites for hydroxylation is 1. The van der Waals surface area contributed by atoms with Crippen LogP contribution in [0.2, 0.25) is 0 Å². The van der Waals surface area contributed by atoms with Crippen molar-refractivity contribution in [2.24, 2.45) is 0 Å². The van der Waals surface area contributed by atoms with Crippen LogP contribution in [0, 0.1) is 6.92 Å². The second-order valence-corrected chi connectivity index (χ2v) is 8.94. The van der Waals surface area contributed by atoms with Gasteiger partial charge in [0.2, 0.25) is 5.13 Å². The first-order valence-corrected chi connectivity index (χ1v) is 10.9. The Kier molecular flexibility index (Phi) is 5.07. The Labute approximate surface area is 170 Å². The van der Waals surface area contributed by atoms with E-state index in [4.69, 9.17) is 9.47 Å². The number of nitrogens with one attached hydrogen (secondary N) is 2. The van der Waals surface area contributed by atoms with Crippen molar-refractivity contribution in [1.82, 2.24) is 10.2 Å². The fourth-order valence-electron chi connectivity index (χ4n) is 2.67. The van der Waals surface area contributed by atoms with Gasteiger partial charge in [-0.1, -0.05) is 29.5 Å². The lowest BCUT2D eigenvalue weighted by Crippen LogP contribution is -2.16. The molecular weight excluding hydrogens is 416 g/mol. The largest absolute Gasteiger partial charge is 0.486 e. The molecule has 0 spiro atoms. The molecule has 2 aromatic carbocycles. The number of ether oxygens (including phenoxy) is 2. The number of carbonyl (C=O) groups excluding carboxylic acids is 1. The van der Waals surface area contributed by atoms with E-state index in [1.165, 1.54) is 6.07 Å². The molecular formula is C18H16N4O5S2. The SMILES string of the molecule is Cc1ccccc1C(=O)Nc1nnc(S(=O)(=O)Nc2ccc3c(c2)OCCO3)s1. The second-order valence-electron chi connectivity index (χ2n) is 6.11. The number of anilines is 2. The summed E-state index contributed by atoms with van der Waals surface area (Å²) in [5.74, 6) is 0.624. The Morgan fingerprint density at radius 1 is 1.07 bits per heavy atom. The molecule has 0 fully saturated rings. The summed E-state index contributed by atoms with van der Waals surface area (Å²) in [4.78, 5) is 12.4. The maximum Gasteiger partial charge on any atom is 0.291 e. The van der Waals surface area contributed by atoms with Gasteiger partial charge in [-0.25, -0.2) is 0 Å². The van der Waals surface area contributed by atoms with Gasteiger partial charge in [0.1, 0.15) is 13.2 Å². The molecule has 11 heteroatoms. The van der Waals surface area contributed by atoms with Crippen molar-refractivity contribution in [2.45, 2.75) is 11.3 Å². The molecule has 9 nitrogen and oxygen atoms in total.